The highest BCUT2D eigenvalue weighted by molar-refractivity contribution is 7.99. The lowest BCUT2D eigenvalue weighted by atomic mass is 9.96. The van der Waals surface area contributed by atoms with Gasteiger partial charge in [0.15, 0.2) is 0 Å². The predicted octanol–water partition coefficient (Wildman–Crippen LogP) is 7.84. The Morgan fingerprint density at radius 2 is 1.35 bits per heavy atom. The van der Waals surface area contributed by atoms with Crippen molar-refractivity contribution in [1.29, 1.82) is 0 Å². The molecule has 1 fully saturated rings. The SMILES string of the molecule is CC.O=C(O/N=C(\CC1CCCC1)C(=O)c1ccc(Sc2ccccc2)cc1)c1ccccc1. The van der Waals surface area contributed by atoms with Crippen LogP contribution in [0, 0.1) is 5.92 Å². The summed E-state index contributed by atoms with van der Waals surface area (Å²) in [4.78, 5) is 32.9. The molecule has 1 saturated carbocycles. The summed E-state index contributed by atoms with van der Waals surface area (Å²) in [6.07, 6.45) is 5.02. The van der Waals surface area contributed by atoms with Crippen molar-refractivity contribution < 1.29 is 14.4 Å². The van der Waals surface area contributed by atoms with E-state index in [0.717, 1.165) is 22.6 Å². The van der Waals surface area contributed by atoms with Crippen LogP contribution in [0.3, 0.4) is 0 Å². The number of rotatable bonds is 8. The molecule has 0 aliphatic heterocycles. The molecule has 3 aromatic carbocycles. The van der Waals surface area contributed by atoms with Crippen LogP contribution in [0.4, 0.5) is 0 Å². The Hall–Kier alpha value is -3.18. The van der Waals surface area contributed by atoms with Crippen LogP contribution in [0.1, 0.15) is 66.7 Å². The van der Waals surface area contributed by atoms with Crippen LogP contribution < -0.4 is 0 Å². The maximum Gasteiger partial charge on any atom is 0.365 e. The van der Waals surface area contributed by atoms with Gasteiger partial charge in [-0.05, 0) is 60.9 Å². The number of ketones is 1. The van der Waals surface area contributed by atoms with E-state index in [1.807, 2.05) is 62.4 Å². The fraction of sp³-hybridized carbons (Fsp3) is 0.276. The number of hydrogen-bond donors (Lipinski definition) is 0. The number of oxime groups is 1. The summed E-state index contributed by atoms with van der Waals surface area (Å²) in [5.74, 6) is -0.341. The zero-order valence-electron chi connectivity index (χ0n) is 19.8. The molecule has 3 aromatic rings. The molecule has 0 N–H and O–H groups in total. The monoisotopic (exact) mass is 473 g/mol. The summed E-state index contributed by atoms with van der Waals surface area (Å²) in [5.41, 5.74) is 1.27. The van der Waals surface area contributed by atoms with E-state index < -0.39 is 5.97 Å². The van der Waals surface area contributed by atoms with Crippen LogP contribution >= 0.6 is 11.8 Å². The van der Waals surface area contributed by atoms with E-state index in [0.29, 0.717) is 29.2 Å². The highest BCUT2D eigenvalue weighted by Gasteiger charge is 2.23. The van der Waals surface area contributed by atoms with Gasteiger partial charge in [0.1, 0.15) is 5.71 Å². The van der Waals surface area contributed by atoms with Gasteiger partial charge in [0.25, 0.3) is 0 Å². The van der Waals surface area contributed by atoms with Crippen LogP contribution in [-0.2, 0) is 4.84 Å². The van der Waals surface area contributed by atoms with Gasteiger partial charge >= 0.3 is 5.97 Å². The fourth-order valence-electron chi connectivity index (χ4n) is 3.85. The second-order valence-corrected chi connectivity index (χ2v) is 9.05. The summed E-state index contributed by atoms with van der Waals surface area (Å²) >= 11 is 1.64. The number of nitrogens with zero attached hydrogens (tertiary/aromatic N) is 1. The first kappa shape index (κ1) is 25.4. The summed E-state index contributed by atoms with van der Waals surface area (Å²) in [7, 11) is 0. The van der Waals surface area contributed by atoms with Crippen molar-refractivity contribution in [2.75, 3.05) is 0 Å². The van der Waals surface area contributed by atoms with E-state index >= 15 is 0 Å². The average molecular weight is 474 g/mol. The van der Waals surface area contributed by atoms with Crippen molar-refractivity contribution in [3.63, 3.8) is 0 Å². The summed E-state index contributed by atoms with van der Waals surface area (Å²) < 4.78 is 0. The van der Waals surface area contributed by atoms with E-state index in [9.17, 15) is 9.59 Å². The molecular formula is C29H31NO3S. The van der Waals surface area contributed by atoms with Crippen LogP contribution in [0.25, 0.3) is 0 Å². The van der Waals surface area contributed by atoms with E-state index in [-0.39, 0.29) is 5.78 Å². The molecule has 34 heavy (non-hydrogen) atoms. The van der Waals surface area contributed by atoms with Gasteiger partial charge in [-0.15, -0.1) is 0 Å². The molecule has 0 unspecified atom stereocenters. The fourth-order valence-corrected chi connectivity index (χ4v) is 4.69. The minimum absolute atomic E-state index is 0.186. The Balaban J connectivity index is 0.00000158. The van der Waals surface area contributed by atoms with E-state index in [1.54, 1.807) is 36.0 Å². The van der Waals surface area contributed by atoms with Gasteiger partial charge in [0, 0.05) is 15.4 Å². The van der Waals surface area contributed by atoms with Crippen molar-refractivity contribution in [2.24, 2.45) is 11.1 Å². The highest BCUT2D eigenvalue weighted by atomic mass is 32.2. The summed E-state index contributed by atoms with van der Waals surface area (Å²) in [5, 5.41) is 4.04. The first-order chi connectivity index (χ1) is 16.7. The van der Waals surface area contributed by atoms with Crippen molar-refractivity contribution in [3.8, 4) is 0 Å². The second kappa shape index (κ2) is 13.5. The Morgan fingerprint density at radius 1 is 0.794 bits per heavy atom. The third kappa shape index (κ3) is 7.42. The van der Waals surface area contributed by atoms with Crippen LogP contribution in [0.15, 0.2) is 99.9 Å². The minimum atomic E-state index is -0.558. The molecule has 0 heterocycles. The van der Waals surface area contributed by atoms with Gasteiger partial charge in [-0.3, -0.25) is 4.79 Å². The Labute approximate surface area is 206 Å². The lowest BCUT2D eigenvalue weighted by Crippen LogP contribution is -2.19. The molecule has 1 aliphatic rings. The first-order valence-corrected chi connectivity index (χ1v) is 12.7. The third-order valence-electron chi connectivity index (χ3n) is 5.56. The van der Waals surface area contributed by atoms with Gasteiger partial charge in [-0.25, -0.2) is 4.79 Å². The minimum Gasteiger partial charge on any atom is -0.312 e. The van der Waals surface area contributed by atoms with Crippen molar-refractivity contribution in [3.05, 3.63) is 96.1 Å². The first-order valence-electron chi connectivity index (χ1n) is 11.9. The number of carbonyl (C=O) groups is 2. The lowest BCUT2D eigenvalue weighted by Gasteiger charge is -2.11. The van der Waals surface area contributed by atoms with Gasteiger partial charge < -0.3 is 4.84 Å². The topological polar surface area (TPSA) is 55.7 Å². The van der Waals surface area contributed by atoms with Crippen molar-refractivity contribution in [2.45, 2.75) is 55.7 Å². The molecule has 0 atom stereocenters. The zero-order valence-corrected chi connectivity index (χ0v) is 20.6. The largest absolute Gasteiger partial charge is 0.365 e. The Kier molecular flexibility index (Phi) is 10.1. The molecule has 0 saturated heterocycles. The number of carbonyl (C=O) groups excluding carboxylic acids is 2. The van der Waals surface area contributed by atoms with Crippen LogP contribution in [-0.4, -0.2) is 17.5 Å². The second-order valence-electron chi connectivity index (χ2n) is 7.91. The maximum atomic E-state index is 13.2. The molecule has 4 rings (SSSR count). The maximum absolute atomic E-state index is 13.2. The van der Waals surface area contributed by atoms with Crippen LogP contribution in [0.5, 0.6) is 0 Å². The van der Waals surface area contributed by atoms with Gasteiger partial charge in [0.05, 0.1) is 5.56 Å². The van der Waals surface area contributed by atoms with E-state index in [4.69, 9.17) is 4.84 Å². The molecule has 0 amide bonds. The normalized spacial score (nSPS) is 13.6. The summed E-state index contributed by atoms with van der Waals surface area (Å²) in [6.45, 7) is 4.00. The molecule has 0 radical (unpaired) electrons. The van der Waals surface area contributed by atoms with Crippen molar-refractivity contribution in [1.82, 2.24) is 0 Å². The molecular weight excluding hydrogens is 442 g/mol. The molecule has 1 aliphatic carbocycles. The summed E-state index contributed by atoms with van der Waals surface area (Å²) in [6, 6.07) is 26.3. The molecule has 4 nitrogen and oxygen atoms in total. The molecule has 0 spiro atoms. The number of hydrogen-bond acceptors (Lipinski definition) is 5. The lowest BCUT2D eigenvalue weighted by molar-refractivity contribution is 0.0514. The average Bonchev–Trinajstić information content (AvgIpc) is 3.42. The highest BCUT2D eigenvalue weighted by Crippen LogP contribution is 2.30. The molecule has 5 heteroatoms. The number of benzene rings is 3. The standard InChI is InChI=1S/C27H25NO3S.C2H6/c29-26(21-15-17-24(18-16-21)32-23-13-5-2-6-14-23)25(19-20-9-7-8-10-20)28-31-27(30)22-11-3-1-4-12-22;1-2/h1-6,11-18,20H,7-10,19H2;1-2H3/b28-25+;. The van der Waals surface area contributed by atoms with E-state index in [2.05, 4.69) is 17.3 Å². The smallest absolute Gasteiger partial charge is 0.312 e. The Bertz CT molecular complexity index is 1070. The van der Waals surface area contributed by atoms with Gasteiger partial charge in [-0.1, -0.05) is 92.8 Å². The number of Topliss-reactive ketones (excluding diaryl/α,β-unsaturated/α-hetero) is 1. The molecule has 0 aromatic heterocycles. The zero-order chi connectivity index (χ0) is 24.2. The van der Waals surface area contributed by atoms with E-state index in [1.165, 1.54) is 12.8 Å². The van der Waals surface area contributed by atoms with Crippen molar-refractivity contribution >= 4 is 29.2 Å². The van der Waals surface area contributed by atoms with Gasteiger partial charge in [0.2, 0.25) is 5.78 Å². The molecule has 176 valence electrons. The quantitative estimate of drug-likeness (QED) is 0.145. The third-order valence-corrected chi connectivity index (χ3v) is 6.58. The van der Waals surface area contributed by atoms with Crippen LogP contribution in [0.2, 0.25) is 0 Å². The predicted molar refractivity (Wildman–Crippen MR) is 139 cm³/mol. The Morgan fingerprint density at radius 3 is 1.97 bits per heavy atom. The van der Waals surface area contributed by atoms with Gasteiger partial charge in [-0.2, -0.15) is 0 Å². The molecule has 0 bridgehead atoms.